The third-order valence-corrected chi connectivity index (χ3v) is 5.33. The molecule has 0 bridgehead atoms. The van der Waals surface area contributed by atoms with Crippen LogP contribution in [0.2, 0.25) is 0 Å². The Balaban J connectivity index is 2.00. The molecule has 8 heteroatoms. The molecular formula is C28H31NO7. The van der Waals surface area contributed by atoms with E-state index >= 15 is 0 Å². The molecule has 8 nitrogen and oxygen atoms in total. The normalized spacial score (nSPS) is 11.2. The minimum absolute atomic E-state index is 0.156. The Kier molecular flexibility index (Phi) is 8.29. The number of fused-ring (bicyclic) bond motifs is 1. The van der Waals surface area contributed by atoms with E-state index in [0.29, 0.717) is 34.3 Å². The van der Waals surface area contributed by atoms with E-state index in [-0.39, 0.29) is 36.0 Å². The maximum atomic E-state index is 13.6. The summed E-state index contributed by atoms with van der Waals surface area (Å²) in [5, 5.41) is 0.896. The third kappa shape index (κ3) is 6.19. The molecule has 0 fully saturated rings. The van der Waals surface area contributed by atoms with Crippen LogP contribution < -0.4 is 9.47 Å². The lowest BCUT2D eigenvalue weighted by Crippen LogP contribution is -2.24. The number of hydrogen-bond acceptors (Lipinski definition) is 8. The number of nitrogens with zero attached hydrogens (tertiary/aromatic N) is 1. The number of ketones is 1. The fourth-order valence-electron chi connectivity index (χ4n) is 3.76. The van der Waals surface area contributed by atoms with Crippen LogP contribution in [0.4, 0.5) is 0 Å². The SMILES string of the molecule is CCOC(=O)c1cnc(C(=O)c2cccc(CCC(=O)OC(C)(C)C)c2)c2cc(OC)c(OC)cc12. The van der Waals surface area contributed by atoms with Gasteiger partial charge in [-0.3, -0.25) is 14.6 Å². The molecule has 190 valence electrons. The fourth-order valence-corrected chi connectivity index (χ4v) is 3.76. The topological polar surface area (TPSA) is 101 Å². The van der Waals surface area contributed by atoms with Crippen molar-refractivity contribution in [1.82, 2.24) is 4.98 Å². The van der Waals surface area contributed by atoms with Crippen LogP contribution in [-0.2, 0) is 20.7 Å². The number of carbonyl (C=O) groups excluding carboxylic acids is 3. The number of methoxy groups -OCH3 is 2. The van der Waals surface area contributed by atoms with E-state index in [9.17, 15) is 14.4 Å². The molecule has 1 heterocycles. The smallest absolute Gasteiger partial charge is 0.340 e. The summed E-state index contributed by atoms with van der Waals surface area (Å²) in [6.45, 7) is 7.37. The number of aromatic nitrogens is 1. The van der Waals surface area contributed by atoms with Gasteiger partial charge in [0.15, 0.2) is 11.5 Å². The predicted molar refractivity (Wildman–Crippen MR) is 135 cm³/mol. The molecule has 0 aliphatic heterocycles. The number of rotatable bonds is 9. The van der Waals surface area contributed by atoms with Crippen LogP contribution in [0.5, 0.6) is 11.5 Å². The minimum Gasteiger partial charge on any atom is -0.493 e. The fraction of sp³-hybridized carbons (Fsp3) is 0.357. The van der Waals surface area contributed by atoms with E-state index < -0.39 is 11.6 Å². The van der Waals surface area contributed by atoms with Crippen molar-refractivity contribution in [2.75, 3.05) is 20.8 Å². The van der Waals surface area contributed by atoms with Crippen LogP contribution in [0.1, 0.15) is 66.1 Å². The van der Waals surface area contributed by atoms with E-state index in [1.165, 1.54) is 20.4 Å². The minimum atomic E-state index is -0.554. The quantitative estimate of drug-likeness (QED) is 0.305. The van der Waals surface area contributed by atoms with Gasteiger partial charge in [0.2, 0.25) is 5.78 Å². The van der Waals surface area contributed by atoms with Gasteiger partial charge in [-0.25, -0.2) is 4.79 Å². The molecular weight excluding hydrogens is 462 g/mol. The highest BCUT2D eigenvalue weighted by atomic mass is 16.6. The first kappa shape index (κ1) is 26.7. The number of hydrogen-bond donors (Lipinski definition) is 0. The molecule has 1 aromatic heterocycles. The Morgan fingerprint density at radius 2 is 1.61 bits per heavy atom. The van der Waals surface area contributed by atoms with Crippen molar-refractivity contribution in [3.63, 3.8) is 0 Å². The number of benzene rings is 2. The van der Waals surface area contributed by atoms with Crippen molar-refractivity contribution in [1.29, 1.82) is 0 Å². The van der Waals surface area contributed by atoms with E-state index in [1.807, 2.05) is 26.8 Å². The number of pyridine rings is 1. The van der Waals surface area contributed by atoms with Gasteiger partial charge in [-0.15, -0.1) is 0 Å². The Hall–Kier alpha value is -3.94. The maximum absolute atomic E-state index is 13.6. The van der Waals surface area contributed by atoms with E-state index in [0.717, 1.165) is 5.56 Å². The first-order chi connectivity index (χ1) is 17.1. The van der Waals surface area contributed by atoms with Crippen LogP contribution in [0.25, 0.3) is 10.8 Å². The standard InChI is InChI=1S/C28H31NO7/c1-7-35-27(32)21-16-29-25(20-15-23(34-6)22(33-5)14-19(20)21)26(31)18-10-8-9-17(13-18)11-12-24(30)36-28(2,3)4/h8-10,13-16H,7,11-12H2,1-6H3. The number of carbonyl (C=O) groups is 3. The molecule has 0 unspecified atom stereocenters. The van der Waals surface area contributed by atoms with Gasteiger partial charge in [0.05, 0.1) is 26.4 Å². The lowest BCUT2D eigenvalue weighted by molar-refractivity contribution is -0.154. The summed E-state index contributed by atoms with van der Waals surface area (Å²) in [7, 11) is 2.98. The van der Waals surface area contributed by atoms with Gasteiger partial charge in [0.25, 0.3) is 0 Å². The van der Waals surface area contributed by atoms with Gasteiger partial charge in [-0.2, -0.15) is 0 Å². The van der Waals surface area contributed by atoms with Crippen molar-refractivity contribution >= 4 is 28.5 Å². The molecule has 0 spiro atoms. The summed E-state index contributed by atoms with van der Waals surface area (Å²) in [4.78, 5) is 42.6. The molecule has 2 aromatic carbocycles. The first-order valence-electron chi connectivity index (χ1n) is 11.6. The molecule has 0 radical (unpaired) electrons. The van der Waals surface area contributed by atoms with Crippen LogP contribution in [0.3, 0.4) is 0 Å². The Labute approximate surface area is 210 Å². The van der Waals surface area contributed by atoms with Crippen molar-refractivity contribution in [3.8, 4) is 11.5 Å². The van der Waals surface area contributed by atoms with Crippen LogP contribution in [-0.4, -0.2) is 49.1 Å². The first-order valence-corrected chi connectivity index (χ1v) is 11.6. The summed E-state index contributed by atoms with van der Waals surface area (Å²) in [6, 6.07) is 10.3. The van der Waals surface area contributed by atoms with Crippen LogP contribution >= 0.6 is 0 Å². The molecule has 0 saturated carbocycles. The number of aryl methyl sites for hydroxylation is 1. The van der Waals surface area contributed by atoms with Crippen LogP contribution in [0.15, 0.2) is 42.6 Å². The highest BCUT2D eigenvalue weighted by molar-refractivity contribution is 6.18. The molecule has 3 aromatic rings. The second kappa shape index (κ2) is 11.2. The molecule has 36 heavy (non-hydrogen) atoms. The molecule has 0 N–H and O–H groups in total. The summed E-state index contributed by atoms with van der Waals surface area (Å²) >= 11 is 0. The average molecular weight is 494 g/mol. The predicted octanol–water partition coefficient (Wildman–Crippen LogP) is 4.93. The largest absolute Gasteiger partial charge is 0.493 e. The number of ether oxygens (including phenoxy) is 4. The lowest BCUT2D eigenvalue weighted by atomic mass is 9.97. The summed E-state index contributed by atoms with van der Waals surface area (Å²) < 4.78 is 21.3. The summed E-state index contributed by atoms with van der Waals surface area (Å²) in [6.07, 6.45) is 1.96. The van der Waals surface area contributed by atoms with E-state index in [2.05, 4.69) is 4.98 Å². The zero-order chi connectivity index (χ0) is 26.5. The Morgan fingerprint density at radius 3 is 2.22 bits per heavy atom. The Morgan fingerprint density at radius 1 is 0.944 bits per heavy atom. The third-order valence-electron chi connectivity index (χ3n) is 5.33. The van der Waals surface area contributed by atoms with Gasteiger partial charge in [-0.05, 0) is 57.9 Å². The Bertz CT molecular complexity index is 1290. The van der Waals surface area contributed by atoms with Crippen molar-refractivity contribution in [2.24, 2.45) is 0 Å². The van der Waals surface area contributed by atoms with Gasteiger partial charge in [-0.1, -0.05) is 18.2 Å². The zero-order valence-corrected chi connectivity index (χ0v) is 21.5. The zero-order valence-electron chi connectivity index (χ0n) is 21.5. The van der Waals surface area contributed by atoms with Crippen molar-refractivity contribution in [3.05, 3.63) is 65.0 Å². The highest BCUT2D eigenvalue weighted by Crippen LogP contribution is 2.35. The summed E-state index contributed by atoms with van der Waals surface area (Å²) in [5.41, 5.74) is 1.04. The van der Waals surface area contributed by atoms with Crippen LogP contribution in [0, 0.1) is 0 Å². The van der Waals surface area contributed by atoms with E-state index in [1.54, 1.807) is 37.3 Å². The van der Waals surface area contributed by atoms with Gasteiger partial charge < -0.3 is 18.9 Å². The summed E-state index contributed by atoms with van der Waals surface area (Å²) in [5.74, 6) is -0.383. The molecule has 0 amide bonds. The molecule has 3 rings (SSSR count). The number of esters is 2. The maximum Gasteiger partial charge on any atom is 0.340 e. The molecule has 0 atom stereocenters. The highest BCUT2D eigenvalue weighted by Gasteiger charge is 2.22. The van der Waals surface area contributed by atoms with Gasteiger partial charge in [0, 0.05) is 29.0 Å². The second-order valence-corrected chi connectivity index (χ2v) is 9.11. The monoisotopic (exact) mass is 493 g/mol. The van der Waals surface area contributed by atoms with Crippen molar-refractivity contribution in [2.45, 2.75) is 46.1 Å². The molecule has 0 saturated heterocycles. The van der Waals surface area contributed by atoms with Gasteiger partial charge in [0.1, 0.15) is 11.3 Å². The average Bonchev–Trinajstić information content (AvgIpc) is 2.84. The van der Waals surface area contributed by atoms with Gasteiger partial charge >= 0.3 is 11.9 Å². The lowest BCUT2D eigenvalue weighted by Gasteiger charge is -2.19. The molecule has 0 aliphatic rings. The molecule has 0 aliphatic carbocycles. The van der Waals surface area contributed by atoms with Crippen molar-refractivity contribution < 1.29 is 33.3 Å². The van der Waals surface area contributed by atoms with E-state index in [4.69, 9.17) is 18.9 Å². The second-order valence-electron chi connectivity index (χ2n) is 9.11.